The van der Waals surface area contributed by atoms with Crippen molar-refractivity contribution in [3.05, 3.63) is 34.2 Å². The quantitative estimate of drug-likeness (QED) is 0.511. The van der Waals surface area contributed by atoms with Crippen LogP contribution in [0.15, 0.2) is 34.2 Å². The molecular formula is C7H8FI. The maximum Gasteiger partial charge on any atom is 0.118 e. The van der Waals surface area contributed by atoms with Gasteiger partial charge in [0.15, 0.2) is 0 Å². The topological polar surface area (TPSA) is 0 Å². The summed E-state index contributed by atoms with van der Waals surface area (Å²) in [6.45, 7) is 8.37. The van der Waals surface area contributed by atoms with E-state index in [-0.39, 0.29) is 0 Å². The number of halogens is 2. The van der Waals surface area contributed by atoms with Gasteiger partial charge in [0.05, 0.1) is 0 Å². The van der Waals surface area contributed by atoms with Crippen LogP contribution in [-0.2, 0) is 0 Å². The fourth-order valence-corrected chi connectivity index (χ4v) is 0.780. The molecule has 0 saturated heterocycles. The van der Waals surface area contributed by atoms with Gasteiger partial charge in [0.1, 0.15) is 5.83 Å². The molecule has 0 heterocycles. The van der Waals surface area contributed by atoms with E-state index in [9.17, 15) is 4.39 Å². The second kappa shape index (κ2) is 3.82. The van der Waals surface area contributed by atoms with Gasteiger partial charge in [-0.1, -0.05) is 13.2 Å². The average molecular weight is 238 g/mol. The first-order valence-corrected chi connectivity index (χ1v) is 3.49. The molecule has 0 atom stereocenters. The molecule has 0 amide bonds. The van der Waals surface area contributed by atoms with Crippen LogP contribution in [0.4, 0.5) is 4.39 Å². The van der Waals surface area contributed by atoms with Gasteiger partial charge in [0.25, 0.3) is 0 Å². The highest BCUT2D eigenvalue weighted by atomic mass is 127. The van der Waals surface area contributed by atoms with Crippen LogP contribution in [0.2, 0.25) is 0 Å². The van der Waals surface area contributed by atoms with Gasteiger partial charge < -0.3 is 0 Å². The Labute approximate surface area is 68.3 Å². The lowest BCUT2D eigenvalue weighted by atomic mass is 10.2. The van der Waals surface area contributed by atoms with Crippen molar-refractivity contribution in [1.29, 1.82) is 0 Å². The normalized spacial score (nSPS) is 11.2. The third kappa shape index (κ3) is 4.39. The van der Waals surface area contributed by atoms with Crippen molar-refractivity contribution in [2.45, 2.75) is 6.92 Å². The molecule has 0 aliphatic carbocycles. The zero-order chi connectivity index (χ0) is 7.44. The molecule has 0 saturated carbocycles. The Morgan fingerprint density at radius 1 is 1.56 bits per heavy atom. The molecule has 0 aromatic rings. The largest absolute Gasteiger partial charge is 0.207 e. The average Bonchev–Trinajstić information content (AvgIpc) is 1.63. The van der Waals surface area contributed by atoms with Gasteiger partial charge in [-0.25, -0.2) is 4.39 Å². The SMILES string of the molecule is C=C(I)/C=C(/C)C(=C)F. The summed E-state index contributed by atoms with van der Waals surface area (Å²) >= 11 is 2.01. The second-order valence-corrected chi connectivity index (χ2v) is 3.06. The summed E-state index contributed by atoms with van der Waals surface area (Å²) < 4.78 is 13.0. The maximum absolute atomic E-state index is 12.1. The first-order chi connectivity index (χ1) is 4.04. The molecule has 0 spiro atoms. The molecule has 0 nitrogen and oxygen atoms in total. The summed E-state index contributed by atoms with van der Waals surface area (Å²) in [5.74, 6) is -0.396. The van der Waals surface area contributed by atoms with Crippen molar-refractivity contribution in [1.82, 2.24) is 0 Å². The Bertz CT molecular complexity index is 168. The second-order valence-electron chi connectivity index (χ2n) is 1.68. The van der Waals surface area contributed by atoms with E-state index in [4.69, 9.17) is 0 Å². The van der Waals surface area contributed by atoms with Gasteiger partial charge in [0, 0.05) is 3.58 Å². The molecule has 0 aromatic heterocycles. The van der Waals surface area contributed by atoms with Gasteiger partial charge in [-0.2, -0.15) is 0 Å². The standard InChI is InChI=1S/C7H8FI/c1-5(7(3)8)4-6(2)9/h4H,2-3H2,1H3/b5-4-. The van der Waals surface area contributed by atoms with Gasteiger partial charge in [0.2, 0.25) is 0 Å². The van der Waals surface area contributed by atoms with E-state index in [0.29, 0.717) is 5.57 Å². The summed E-state index contributed by atoms with van der Waals surface area (Å²) in [4.78, 5) is 0. The first kappa shape index (κ1) is 8.88. The number of hydrogen-bond acceptors (Lipinski definition) is 0. The summed E-state index contributed by atoms with van der Waals surface area (Å²) in [6, 6.07) is 0. The highest BCUT2D eigenvalue weighted by Gasteiger charge is 1.91. The summed E-state index contributed by atoms with van der Waals surface area (Å²) in [7, 11) is 0. The van der Waals surface area contributed by atoms with Crippen LogP contribution >= 0.6 is 22.6 Å². The monoisotopic (exact) mass is 238 g/mol. The summed E-state index contributed by atoms with van der Waals surface area (Å²) in [5.41, 5.74) is 0.536. The molecule has 0 fully saturated rings. The fourth-order valence-electron chi connectivity index (χ4n) is 0.313. The Morgan fingerprint density at radius 3 is 2.11 bits per heavy atom. The van der Waals surface area contributed by atoms with Crippen molar-refractivity contribution in [3.63, 3.8) is 0 Å². The third-order valence-electron chi connectivity index (χ3n) is 0.801. The molecule has 0 aromatic carbocycles. The Hall–Kier alpha value is -0.120. The predicted molar refractivity (Wildman–Crippen MR) is 47.2 cm³/mol. The summed E-state index contributed by atoms with van der Waals surface area (Å²) in [6.07, 6.45) is 1.64. The van der Waals surface area contributed by atoms with E-state index in [1.807, 2.05) is 22.6 Å². The van der Waals surface area contributed by atoms with Crippen molar-refractivity contribution in [2.24, 2.45) is 0 Å². The highest BCUT2D eigenvalue weighted by Crippen LogP contribution is 2.13. The Kier molecular flexibility index (Phi) is 3.77. The zero-order valence-corrected chi connectivity index (χ0v) is 7.40. The minimum atomic E-state index is -0.396. The van der Waals surface area contributed by atoms with Crippen LogP contribution in [0, 0.1) is 0 Å². The van der Waals surface area contributed by atoms with E-state index in [2.05, 4.69) is 13.2 Å². The molecule has 50 valence electrons. The molecule has 0 bridgehead atoms. The molecule has 9 heavy (non-hydrogen) atoms. The molecule has 0 aliphatic heterocycles. The van der Waals surface area contributed by atoms with E-state index >= 15 is 0 Å². The minimum absolute atomic E-state index is 0.396. The van der Waals surface area contributed by atoms with Crippen LogP contribution in [0.3, 0.4) is 0 Å². The van der Waals surface area contributed by atoms with Crippen molar-refractivity contribution in [2.75, 3.05) is 0 Å². The molecule has 0 aliphatic rings. The van der Waals surface area contributed by atoms with E-state index < -0.39 is 5.83 Å². The van der Waals surface area contributed by atoms with Crippen LogP contribution in [0.1, 0.15) is 6.92 Å². The molecule has 0 N–H and O–H groups in total. The van der Waals surface area contributed by atoms with E-state index in [1.54, 1.807) is 13.0 Å². The highest BCUT2D eigenvalue weighted by molar-refractivity contribution is 14.1. The lowest BCUT2D eigenvalue weighted by molar-refractivity contribution is 0.656. The van der Waals surface area contributed by atoms with Crippen LogP contribution < -0.4 is 0 Å². The molecule has 0 unspecified atom stereocenters. The van der Waals surface area contributed by atoms with Gasteiger partial charge in [-0.05, 0) is 41.2 Å². The van der Waals surface area contributed by atoms with Crippen molar-refractivity contribution < 1.29 is 4.39 Å². The van der Waals surface area contributed by atoms with Gasteiger partial charge >= 0.3 is 0 Å². The van der Waals surface area contributed by atoms with E-state index in [1.165, 1.54) is 0 Å². The minimum Gasteiger partial charge on any atom is -0.207 e. The number of rotatable bonds is 2. The number of allylic oxidation sites excluding steroid dienone is 4. The zero-order valence-electron chi connectivity index (χ0n) is 5.25. The van der Waals surface area contributed by atoms with E-state index in [0.717, 1.165) is 3.58 Å². The first-order valence-electron chi connectivity index (χ1n) is 2.41. The Balaban J connectivity index is 4.17. The third-order valence-corrected chi connectivity index (χ3v) is 1.11. The van der Waals surface area contributed by atoms with Gasteiger partial charge in [-0.3, -0.25) is 0 Å². The lowest BCUT2D eigenvalue weighted by Gasteiger charge is -1.91. The Morgan fingerprint density at radius 2 is 2.00 bits per heavy atom. The van der Waals surface area contributed by atoms with Crippen molar-refractivity contribution in [3.8, 4) is 0 Å². The lowest BCUT2D eigenvalue weighted by Crippen LogP contribution is -1.72. The van der Waals surface area contributed by atoms with Gasteiger partial charge in [-0.15, -0.1) is 0 Å². The number of hydrogen-bond donors (Lipinski definition) is 0. The maximum atomic E-state index is 12.1. The van der Waals surface area contributed by atoms with Crippen LogP contribution in [0.5, 0.6) is 0 Å². The molecule has 0 radical (unpaired) electrons. The molecular weight excluding hydrogens is 230 g/mol. The van der Waals surface area contributed by atoms with Crippen LogP contribution in [-0.4, -0.2) is 0 Å². The van der Waals surface area contributed by atoms with Crippen LogP contribution in [0.25, 0.3) is 0 Å². The van der Waals surface area contributed by atoms with Crippen molar-refractivity contribution >= 4 is 22.6 Å². The summed E-state index contributed by atoms with van der Waals surface area (Å²) in [5, 5.41) is 0. The molecule has 2 heteroatoms. The molecule has 0 rings (SSSR count). The smallest absolute Gasteiger partial charge is 0.118 e. The predicted octanol–water partition coefficient (Wildman–Crippen LogP) is 3.36. The fraction of sp³-hybridized carbons (Fsp3) is 0.143.